The Labute approximate surface area is 196 Å². The van der Waals surface area contributed by atoms with Crippen molar-refractivity contribution >= 4 is 35.9 Å². The molecule has 1 heterocycles. The lowest BCUT2D eigenvalue weighted by Crippen LogP contribution is -2.48. The Balaban J connectivity index is 0.00000450. The summed E-state index contributed by atoms with van der Waals surface area (Å²) in [5.41, 5.74) is 0.620. The van der Waals surface area contributed by atoms with Gasteiger partial charge in [-0.15, -0.1) is 24.0 Å². The number of aliphatic hydroxyl groups excluding tert-OH is 1. The number of aliphatic hydroxyl groups is 1. The van der Waals surface area contributed by atoms with E-state index in [1.54, 1.807) is 32.4 Å². The van der Waals surface area contributed by atoms with Gasteiger partial charge in [-0.2, -0.15) is 0 Å². The second kappa shape index (κ2) is 13.5. The van der Waals surface area contributed by atoms with Crippen LogP contribution in [-0.4, -0.2) is 68.9 Å². The number of carbonyl (C=O) groups is 1. The van der Waals surface area contributed by atoms with E-state index in [1.165, 1.54) is 0 Å². The maximum Gasteiger partial charge on any atom is 0.310 e. The minimum Gasteiger partial charge on any atom is -0.497 e. The number of likely N-dealkylation sites (tertiary alicyclic amines) is 1. The first-order chi connectivity index (χ1) is 14.0. The Kier molecular flexibility index (Phi) is 11.9. The summed E-state index contributed by atoms with van der Waals surface area (Å²) in [6, 6.07) is 5.30. The maximum absolute atomic E-state index is 12.1. The van der Waals surface area contributed by atoms with Gasteiger partial charge in [0.1, 0.15) is 17.6 Å². The molecular formula is C21H34IN3O5. The molecule has 0 saturated carbocycles. The van der Waals surface area contributed by atoms with E-state index in [4.69, 9.17) is 14.2 Å². The molecule has 2 rings (SSSR count). The molecule has 0 aromatic heterocycles. The molecular weight excluding hydrogens is 501 g/mol. The molecule has 1 aliphatic rings. The van der Waals surface area contributed by atoms with Crippen molar-refractivity contribution in [2.24, 2.45) is 10.9 Å². The molecule has 9 heteroatoms. The lowest BCUT2D eigenvalue weighted by molar-refractivity contribution is -0.149. The van der Waals surface area contributed by atoms with Crippen LogP contribution in [0.2, 0.25) is 0 Å². The van der Waals surface area contributed by atoms with Gasteiger partial charge in [-0.1, -0.05) is 0 Å². The van der Waals surface area contributed by atoms with Crippen LogP contribution in [0.4, 0.5) is 0 Å². The van der Waals surface area contributed by atoms with E-state index in [9.17, 15) is 9.90 Å². The standard InChI is InChI=1S/C21H33N3O5.HI/c1-5-22-21(24-11-7-8-15(14-24)20(26)29-6-2)23-13-18(25)17-12-16(27-3)9-10-19(17)28-4;/h9-10,12,15,18,25H,5-8,11,13-14H2,1-4H3,(H,22,23);1H. The van der Waals surface area contributed by atoms with Crippen LogP contribution in [0.1, 0.15) is 38.4 Å². The number of ether oxygens (including phenoxy) is 3. The lowest BCUT2D eigenvalue weighted by Gasteiger charge is -2.34. The molecule has 8 nitrogen and oxygen atoms in total. The number of esters is 1. The SMILES string of the molecule is CCNC(=NCC(O)c1cc(OC)ccc1OC)N1CCCC(C(=O)OCC)C1.I. The first kappa shape index (κ1) is 26.3. The van der Waals surface area contributed by atoms with E-state index in [0.717, 1.165) is 19.4 Å². The summed E-state index contributed by atoms with van der Waals surface area (Å²) in [7, 11) is 3.14. The molecule has 1 saturated heterocycles. The second-order valence-electron chi connectivity index (χ2n) is 6.86. The molecule has 1 aromatic rings. The number of benzene rings is 1. The van der Waals surface area contributed by atoms with Gasteiger partial charge in [0, 0.05) is 25.2 Å². The highest BCUT2D eigenvalue weighted by molar-refractivity contribution is 14.0. The van der Waals surface area contributed by atoms with Gasteiger partial charge in [0.05, 0.1) is 33.3 Å². The third-order valence-electron chi connectivity index (χ3n) is 4.89. The minimum atomic E-state index is -0.848. The van der Waals surface area contributed by atoms with Gasteiger partial charge in [0.15, 0.2) is 5.96 Å². The molecule has 170 valence electrons. The van der Waals surface area contributed by atoms with Crippen molar-refractivity contribution in [2.75, 3.05) is 47.0 Å². The molecule has 2 atom stereocenters. The van der Waals surface area contributed by atoms with Crippen LogP contribution in [0.25, 0.3) is 0 Å². The molecule has 0 radical (unpaired) electrons. The summed E-state index contributed by atoms with van der Waals surface area (Å²) in [5.74, 6) is 1.59. The molecule has 1 aliphatic heterocycles. The molecule has 1 aromatic carbocycles. The fourth-order valence-corrected chi connectivity index (χ4v) is 3.42. The third kappa shape index (κ3) is 7.19. The normalized spacial score (nSPS) is 17.6. The number of rotatable bonds is 8. The molecule has 1 fully saturated rings. The van der Waals surface area contributed by atoms with Crippen molar-refractivity contribution in [3.05, 3.63) is 23.8 Å². The van der Waals surface area contributed by atoms with Gasteiger partial charge in [0.2, 0.25) is 0 Å². The fourth-order valence-electron chi connectivity index (χ4n) is 3.42. The van der Waals surface area contributed by atoms with Crippen molar-refractivity contribution in [3.8, 4) is 11.5 Å². The van der Waals surface area contributed by atoms with Crippen LogP contribution in [0.5, 0.6) is 11.5 Å². The van der Waals surface area contributed by atoms with Gasteiger partial charge in [-0.3, -0.25) is 9.79 Å². The third-order valence-corrected chi connectivity index (χ3v) is 4.89. The highest BCUT2D eigenvalue weighted by atomic mass is 127. The summed E-state index contributed by atoms with van der Waals surface area (Å²) < 4.78 is 15.8. The topological polar surface area (TPSA) is 92.6 Å². The number of halogens is 1. The van der Waals surface area contributed by atoms with Crippen LogP contribution < -0.4 is 14.8 Å². The Morgan fingerprint density at radius 2 is 2.10 bits per heavy atom. The average molecular weight is 535 g/mol. The molecule has 0 bridgehead atoms. The Morgan fingerprint density at radius 3 is 2.73 bits per heavy atom. The lowest BCUT2D eigenvalue weighted by atomic mass is 9.98. The largest absolute Gasteiger partial charge is 0.497 e. The summed E-state index contributed by atoms with van der Waals surface area (Å²) in [6.45, 7) is 6.41. The van der Waals surface area contributed by atoms with Crippen LogP contribution in [0.3, 0.4) is 0 Å². The Hall–Kier alpha value is -1.75. The van der Waals surface area contributed by atoms with Gasteiger partial charge in [-0.05, 0) is 44.9 Å². The fraction of sp³-hybridized carbons (Fsp3) is 0.619. The van der Waals surface area contributed by atoms with E-state index in [0.29, 0.717) is 42.7 Å². The monoisotopic (exact) mass is 535 g/mol. The summed E-state index contributed by atoms with van der Waals surface area (Å²) in [6.07, 6.45) is 0.859. The van der Waals surface area contributed by atoms with E-state index in [1.807, 2.05) is 13.8 Å². The number of methoxy groups -OCH3 is 2. The predicted molar refractivity (Wildman–Crippen MR) is 127 cm³/mol. The quantitative estimate of drug-likeness (QED) is 0.229. The minimum absolute atomic E-state index is 0. The smallest absolute Gasteiger partial charge is 0.310 e. The van der Waals surface area contributed by atoms with Crippen molar-refractivity contribution in [3.63, 3.8) is 0 Å². The van der Waals surface area contributed by atoms with Crippen LogP contribution >= 0.6 is 24.0 Å². The maximum atomic E-state index is 12.1. The van der Waals surface area contributed by atoms with Crippen molar-refractivity contribution in [1.82, 2.24) is 10.2 Å². The molecule has 0 aliphatic carbocycles. The molecule has 0 amide bonds. The highest BCUT2D eigenvalue weighted by Crippen LogP contribution is 2.29. The molecule has 0 spiro atoms. The first-order valence-electron chi connectivity index (χ1n) is 10.1. The van der Waals surface area contributed by atoms with Crippen LogP contribution in [0, 0.1) is 5.92 Å². The van der Waals surface area contributed by atoms with Crippen LogP contribution in [0.15, 0.2) is 23.2 Å². The number of guanidine groups is 1. The van der Waals surface area contributed by atoms with E-state index in [2.05, 4.69) is 15.2 Å². The summed E-state index contributed by atoms with van der Waals surface area (Å²) in [4.78, 5) is 18.8. The Bertz CT molecular complexity index is 701. The molecule has 30 heavy (non-hydrogen) atoms. The predicted octanol–water partition coefficient (Wildman–Crippen LogP) is 2.60. The van der Waals surface area contributed by atoms with Crippen molar-refractivity contribution in [1.29, 1.82) is 0 Å². The van der Waals surface area contributed by atoms with Crippen molar-refractivity contribution < 1.29 is 24.1 Å². The zero-order valence-electron chi connectivity index (χ0n) is 18.2. The number of nitrogens with zero attached hydrogens (tertiary/aromatic N) is 2. The number of piperidine rings is 1. The average Bonchev–Trinajstić information content (AvgIpc) is 2.76. The van der Waals surface area contributed by atoms with Gasteiger partial charge >= 0.3 is 5.97 Å². The van der Waals surface area contributed by atoms with Crippen molar-refractivity contribution in [2.45, 2.75) is 32.8 Å². The number of nitrogens with one attached hydrogen (secondary N) is 1. The summed E-state index contributed by atoms with van der Waals surface area (Å²) >= 11 is 0. The zero-order valence-corrected chi connectivity index (χ0v) is 20.5. The number of hydrogen-bond acceptors (Lipinski definition) is 6. The van der Waals surface area contributed by atoms with E-state index < -0.39 is 6.10 Å². The van der Waals surface area contributed by atoms with E-state index in [-0.39, 0.29) is 42.4 Å². The zero-order chi connectivity index (χ0) is 21.2. The number of hydrogen-bond donors (Lipinski definition) is 2. The first-order valence-corrected chi connectivity index (χ1v) is 10.1. The number of aliphatic imine (C=N–C) groups is 1. The Morgan fingerprint density at radius 1 is 1.33 bits per heavy atom. The van der Waals surface area contributed by atoms with Crippen LogP contribution in [-0.2, 0) is 9.53 Å². The summed E-state index contributed by atoms with van der Waals surface area (Å²) in [5, 5.41) is 14.0. The van der Waals surface area contributed by atoms with Gasteiger partial charge in [0.25, 0.3) is 0 Å². The highest BCUT2D eigenvalue weighted by Gasteiger charge is 2.28. The number of carbonyl (C=O) groups excluding carboxylic acids is 1. The van der Waals surface area contributed by atoms with Gasteiger partial charge in [-0.25, -0.2) is 0 Å². The van der Waals surface area contributed by atoms with Gasteiger partial charge < -0.3 is 29.5 Å². The van der Waals surface area contributed by atoms with E-state index >= 15 is 0 Å². The second-order valence-corrected chi connectivity index (χ2v) is 6.86. The molecule has 2 unspecified atom stereocenters. The molecule has 2 N–H and O–H groups in total.